The van der Waals surface area contributed by atoms with Crippen molar-refractivity contribution in [3.63, 3.8) is 0 Å². The zero-order valence-corrected chi connectivity index (χ0v) is 10.7. The molecule has 0 saturated heterocycles. The van der Waals surface area contributed by atoms with Crippen LogP contribution in [-0.2, 0) is 0 Å². The Morgan fingerprint density at radius 1 is 1.31 bits per heavy atom. The topological polar surface area (TPSA) is 35.2 Å². The van der Waals surface area contributed by atoms with Gasteiger partial charge in [-0.3, -0.25) is 0 Å². The van der Waals surface area contributed by atoms with Crippen LogP contribution in [-0.4, -0.2) is 18.4 Å². The summed E-state index contributed by atoms with van der Waals surface area (Å²) in [5, 5.41) is 0. The summed E-state index contributed by atoms with van der Waals surface area (Å²) in [5.74, 6) is 1.84. The summed E-state index contributed by atoms with van der Waals surface area (Å²) in [5.41, 5.74) is 7.07. The second-order valence-electron chi connectivity index (χ2n) is 4.03. The van der Waals surface area contributed by atoms with E-state index in [4.69, 9.17) is 10.5 Å². The molecule has 0 aromatic heterocycles. The largest absolute Gasteiger partial charge is 0.493 e. The Labute approximate surface area is 104 Å². The number of rotatable bonds is 7. The van der Waals surface area contributed by atoms with E-state index in [1.54, 1.807) is 0 Å². The van der Waals surface area contributed by atoms with Crippen molar-refractivity contribution in [1.82, 2.24) is 0 Å². The summed E-state index contributed by atoms with van der Waals surface area (Å²) in [4.78, 5) is 0. The lowest BCUT2D eigenvalue weighted by Crippen LogP contribution is -2.21. The standard InChI is InChI=1S/C13H21NOS/c1-11-5-2-3-7-13(11)15-9-4-6-12(14)8-10-16/h2-3,5,7,12,16H,4,6,8-10,14H2,1H3. The van der Waals surface area contributed by atoms with Crippen LogP contribution in [0.2, 0.25) is 0 Å². The Morgan fingerprint density at radius 2 is 2.06 bits per heavy atom. The molecule has 1 aromatic rings. The molecule has 0 saturated carbocycles. The van der Waals surface area contributed by atoms with Crippen LogP contribution in [0.5, 0.6) is 5.75 Å². The predicted molar refractivity (Wildman–Crippen MR) is 72.4 cm³/mol. The highest BCUT2D eigenvalue weighted by atomic mass is 32.1. The van der Waals surface area contributed by atoms with Gasteiger partial charge in [0.2, 0.25) is 0 Å². The van der Waals surface area contributed by atoms with E-state index in [9.17, 15) is 0 Å². The minimum absolute atomic E-state index is 0.262. The molecule has 2 N–H and O–H groups in total. The Kier molecular flexibility index (Phi) is 6.34. The van der Waals surface area contributed by atoms with Crippen LogP contribution in [0.1, 0.15) is 24.8 Å². The van der Waals surface area contributed by atoms with E-state index in [2.05, 4.69) is 25.6 Å². The second-order valence-corrected chi connectivity index (χ2v) is 4.48. The van der Waals surface area contributed by atoms with Gasteiger partial charge in [0.1, 0.15) is 5.75 Å². The average molecular weight is 239 g/mol. The minimum atomic E-state index is 0.262. The number of hydrogen-bond acceptors (Lipinski definition) is 3. The quantitative estimate of drug-likeness (QED) is 0.567. The lowest BCUT2D eigenvalue weighted by Gasteiger charge is -2.11. The third-order valence-electron chi connectivity index (χ3n) is 2.57. The van der Waals surface area contributed by atoms with E-state index in [0.717, 1.165) is 37.4 Å². The van der Waals surface area contributed by atoms with Crippen molar-refractivity contribution in [3.05, 3.63) is 29.8 Å². The van der Waals surface area contributed by atoms with Gasteiger partial charge in [-0.2, -0.15) is 12.6 Å². The molecule has 1 aromatic carbocycles. The average Bonchev–Trinajstić information content (AvgIpc) is 2.27. The van der Waals surface area contributed by atoms with Gasteiger partial charge in [-0.25, -0.2) is 0 Å². The zero-order valence-electron chi connectivity index (χ0n) is 9.86. The van der Waals surface area contributed by atoms with Gasteiger partial charge in [0.25, 0.3) is 0 Å². The van der Waals surface area contributed by atoms with Crippen LogP contribution in [0, 0.1) is 6.92 Å². The van der Waals surface area contributed by atoms with Crippen molar-refractivity contribution in [3.8, 4) is 5.75 Å². The summed E-state index contributed by atoms with van der Waals surface area (Å²) in [7, 11) is 0. The van der Waals surface area contributed by atoms with Crippen LogP contribution in [0.15, 0.2) is 24.3 Å². The number of thiol groups is 1. The molecule has 3 heteroatoms. The Balaban J connectivity index is 2.19. The zero-order chi connectivity index (χ0) is 11.8. The van der Waals surface area contributed by atoms with Gasteiger partial charge >= 0.3 is 0 Å². The smallest absolute Gasteiger partial charge is 0.122 e. The van der Waals surface area contributed by atoms with Crippen LogP contribution >= 0.6 is 12.6 Å². The summed E-state index contributed by atoms with van der Waals surface area (Å²) < 4.78 is 5.69. The predicted octanol–water partition coefficient (Wildman–Crippen LogP) is 2.80. The molecule has 2 nitrogen and oxygen atoms in total. The van der Waals surface area contributed by atoms with E-state index in [1.807, 2.05) is 18.2 Å². The Bertz CT molecular complexity index is 304. The van der Waals surface area contributed by atoms with Gasteiger partial charge in [-0.15, -0.1) is 0 Å². The molecule has 1 rings (SSSR count). The molecule has 0 aliphatic rings. The van der Waals surface area contributed by atoms with Crippen molar-refractivity contribution in [1.29, 1.82) is 0 Å². The summed E-state index contributed by atoms with van der Waals surface area (Å²) in [6, 6.07) is 8.34. The van der Waals surface area contributed by atoms with E-state index >= 15 is 0 Å². The van der Waals surface area contributed by atoms with Crippen LogP contribution in [0.25, 0.3) is 0 Å². The normalized spacial score (nSPS) is 12.4. The van der Waals surface area contributed by atoms with Gasteiger partial charge in [0.05, 0.1) is 6.61 Å². The highest BCUT2D eigenvalue weighted by Gasteiger charge is 2.02. The van der Waals surface area contributed by atoms with Gasteiger partial charge in [0, 0.05) is 6.04 Å². The van der Waals surface area contributed by atoms with E-state index < -0.39 is 0 Å². The Morgan fingerprint density at radius 3 is 2.75 bits per heavy atom. The fourth-order valence-corrected chi connectivity index (χ4v) is 1.89. The molecule has 16 heavy (non-hydrogen) atoms. The van der Waals surface area contributed by atoms with Crippen LogP contribution < -0.4 is 10.5 Å². The molecular formula is C13H21NOS. The van der Waals surface area contributed by atoms with Crippen molar-refractivity contribution in [2.45, 2.75) is 32.2 Å². The molecule has 1 unspecified atom stereocenters. The number of aryl methyl sites for hydroxylation is 1. The van der Waals surface area contributed by atoms with Gasteiger partial charge in [0.15, 0.2) is 0 Å². The van der Waals surface area contributed by atoms with Crippen molar-refractivity contribution >= 4 is 12.6 Å². The maximum absolute atomic E-state index is 5.89. The molecule has 0 radical (unpaired) electrons. The molecule has 0 heterocycles. The van der Waals surface area contributed by atoms with Crippen LogP contribution in [0.3, 0.4) is 0 Å². The molecule has 0 fully saturated rings. The first kappa shape index (κ1) is 13.4. The highest BCUT2D eigenvalue weighted by molar-refractivity contribution is 7.80. The number of para-hydroxylation sites is 1. The third-order valence-corrected chi connectivity index (χ3v) is 2.83. The number of benzene rings is 1. The SMILES string of the molecule is Cc1ccccc1OCCCC(N)CCS. The lowest BCUT2D eigenvalue weighted by molar-refractivity contribution is 0.299. The van der Waals surface area contributed by atoms with Crippen LogP contribution in [0.4, 0.5) is 0 Å². The fourth-order valence-electron chi connectivity index (χ4n) is 1.56. The lowest BCUT2D eigenvalue weighted by atomic mass is 10.1. The van der Waals surface area contributed by atoms with Crippen molar-refractivity contribution in [2.24, 2.45) is 5.73 Å². The number of nitrogens with two attached hydrogens (primary N) is 1. The number of hydrogen-bond donors (Lipinski definition) is 2. The maximum atomic E-state index is 5.89. The Hall–Kier alpha value is -0.670. The fraction of sp³-hybridized carbons (Fsp3) is 0.538. The molecule has 0 bridgehead atoms. The van der Waals surface area contributed by atoms with E-state index in [0.29, 0.717) is 0 Å². The van der Waals surface area contributed by atoms with Gasteiger partial charge < -0.3 is 10.5 Å². The first-order valence-electron chi connectivity index (χ1n) is 5.79. The first-order chi connectivity index (χ1) is 7.74. The molecule has 0 aliphatic carbocycles. The van der Waals surface area contributed by atoms with Gasteiger partial charge in [-0.1, -0.05) is 18.2 Å². The molecular weight excluding hydrogens is 218 g/mol. The molecule has 0 spiro atoms. The summed E-state index contributed by atoms with van der Waals surface area (Å²) in [6.45, 7) is 2.80. The highest BCUT2D eigenvalue weighted by Crippen LogP contribution is 2.16. The summed E-state index contributed by atoms with van der Waals surface area (Å²) in [6.07, 6.45) is 2.99. The monoisotopic (exact) mass is 239 g/mol. The first-order valence-corrected chi connectivity index (χ1v) is 6.42. The van der Waals surface area contributed by atoms with E-state index in [1.165, 1.54) is 5.56 Å². The molecule has 90 valence electrons. The number of ether oxygens (including phenoxy) is 1. The molecule has 1 atom stereocenters. The van der Waals surface area contributed by atoms with Crippen molar-refractivity contribution < 1.29 is 4.74 Å². The third kappa shape index (κ3) is 4.90. The minimum Gasteiger partial charge on any atom is -0.493 e. The molecule has 0 amide bonds. The molecule has 0 aliphatic heterocycles. The van der Waals surface area contributed by atoms with Crippen molar-refractivity contribution in [2.75, 3.05) is 12.4 Å². The van der Waals surface area contributed by atoms with E-state index in [-0.39, 0.29) is 6.04 Å². The summed E-state index contributed by atoms with van der Waals surface area (Å²) >= 11 is 4.16. The van der Waals surface area contributed by atoms with Gasteiger partial charge in [-0.05, 0) is 43.6 Å². The maximum Gasteiger partial charge on any atom is 0.122 e. The second kappa shape index (κ2) is 7.58.